The standard InChI is InChI=1S/C24H14N8O4S2/c1-35-23-29-13-15-19(27-8-6-25-15)37-17(13)21(33)31(23)11-4-3-5-12(10-11)32-22(34)18-14(30-24(32)36-2)16-20(38-18)28-9-7-26-16/h3-10H,1-2H3. The van der Waals surface area contributed by atoms with E-state index in [4.69, 9.17) is 9.47 Å². The van der Waals surface area contributed by atoms with E-state index in [1.165, 1.54) is 46.0 Å². The molecular formula is C24H14N8O4S2. The molecule has 0 aliphatic heterocycles. The van der Waals surface area contributed by atoms with Gasteiger partial charge in [0.1, 0.15) is 41.1 Å². The van der Waals surface area contributed by atoms with E-state index in [0.29, 0.717) is 52.5 Å². The van der Waals surface area contributed by atoms with Gasteiger partial charge in [0, 0.05) is 24.8 Å². The van der Waals surface area contributed by atoms with E-state index >= 15 is 0 Å². The lowest BCUT2D eigenvalue weighted by Gasteiger charge is -2.14. The Morgan fingerprint density at radius 1 is 0.658 bits per heavy atom. The van der Waals surface area contributed by atoms with Crippen LogP contribution in [0.25, 0.3) is 52.5 Å². The normalized spacial score (nSPS) is 11.6. The average molecular weight is 543 g/mol. The maximum atomic E-state index is 13.7. The Hall–Kier alpha value is -4.82. The lowest BCUT2D eigenvalue weighted by atomic mass is 10.2. The fraction of sp³-hybridized carbons (Fsp3) is 0.0833. The van der Waals surface area contributed by atoms with E-state index in [9.17, 15) is 9.59 Å². The van der Waals surface area contributed by atoms with Crippen molar-refractivity contribution in [1.29, 1.82) is 0 Å². The van der Waals surface area contributed by atoms with Crippen LogP contribution in [0.5, 0.6) is 12.0 Å². The summed E-state index contributed by atoms with van der Waals surface area (Å²) in [6.07, 6.45) is 6.23. The number of benzene rings is 1. The van der Waals surface area contributed by atoms with Crippen molar-refractivity contribution in [1.82, 2.24) is 39.0 Å². The third-order valence-electron chi connectivity index (χ3n) is 5.91. The average Bonchev–Trinajstić information content (AvgIpc) is 3.52. The predicted octanol–water partition coefficient (Wildman–Crippen LogP) is 3.11. The molecule has 14 heteroatoms. The molecule has 1 aromatic carbocycles. The van der Waals surface area contributed by atoms with E-state index in [1.54, 1.807) is 49.1 Å². The number of methoxy groups -OCH3 is 2. The summed E-state index contributed by atoms with van der Waals surface area (Å²) < 4.78 is 14.5. The molecule has 0 aliphatic carbocycles. The molecule has 0 unspecified atom stereocenters. The summed E-state index contributed by atoms with van der Waals surface area (Å²) in [5.74, 6) is 0. The molecule has 0 aliphatic rings. The molecule has 0 radical (unpaired) electrons. The van der Waals surface area contributed by atoms with Gasteiger partial charge >= 0.3 is 12.0 Å². The molecule has 0 bridgehead atoms. The number of thiophene rings is 2. The van der Waals surface area contributed by atoms with Gasteiger partial charge < -0.3 is 9.47 Å². The minimum Gasteiger partial charge on any atom is -0.468 e. The van der Waals surface area contributed by atoms with E-state index in [-0.39, 0.29) is 23.1 Å². The largest absolute Gasteiger partial charge is 0.468 e. The maximum Gasteiger partial charge on any atom is 0.304 e. The summed E-state index contributed by atoms with van der Waals surface area (Å²) in [7, 11) is 2.87. The highest BCUT2D eigenvalue weighted by Gasteiger charge is 2.22. The quantitative estimate of drug-likeness (QED) is 0.326. The van der Waals surface area contributed by atoms with Gasteiger partial charge in [0.05, 0.1) is 25.6 Å². The lowest BCUT2D eigenvalue weighted by Crippen LogP contribution is -2.23. The minimum atomic E-state index is -0.344. The van der Waals surface area contributed by atoms with Gasteiger partial charge in [-0.3, -0.25) is 9.59 Å². The molecule has 0 amide bonds. The van der Waals surface area contributed by atoms with Gasteiger partial charge in [-0.2, -0.15) is 9.97 Å². The Morgan fingerprint density at radius 3 is 1.55 bits per heavy atom. The van der Waals surface area contributed by atoms with Gasteiger partial charge in [-0.05, 0) is 18.2 Å². The second kappa shape index (κ2) is 8.36. The smallest absolute Gasteiger partial charge is 0.304 e. The SMILES string of the molecule is COc1nc2c(sc3nccnc32)c(=O)n1-c1cccc(-n2c(OC)nc3c(sc4nccnc43)c2=O)c1. The Morgan fingerprint density at radius 2 is 1.11 bits per heavy atom. The van der Waals surface area contributed by atoms with Crippen LogP contribution in [0.15, 0.2) is 58.6 Å². The Labute approximate surface area is 219 Å². The van der Waals surface area contributed by atoms with Crippen LogP contribution in [0.2, 0.25) is 0 Å². The highest BCUT2D eigenvalue weighted by Crippen LogP contribution is 2.31. The molecule has 0 saturated heterocycles. The number of ether oxygens (including phenoxy) is 2. The molecule has 7 aromatic rings. The van der Waals surface area contributed by atoms with Crippen LogP contribution in [-0.4, -0.2) is 53.3 Å². The first-order valence-corrected chi connectivity index (χ1v) is 12.7. The second-order valence-electron chi connectivity index (χ2n) is 7.98. The molecule has 6 aromatic heterocycles. The summed E-state index contributed by atoms with van der Waals surface area (Å²) >= 11 is 2.42. The number of aromatic nitrogens is 8. The molecule has 186 valence electrons. The summed E-state index contributed by atoms with van der Waals surface area (Å²) in [4.78, 5) is 54.9. The fourth-order valence-electron chi connectivity index (χ4n) is 4.30. The van der Waals surface area contributed by atoms with Crippen LogP contribution in [0.1, 0.15) is 0 Å². The van der Waals surface area contributed by atoms with Crippen molar-refractivity contribution in [2.24, 2.45) is 0 Å². The first kappa shape index (κ1) is 22.4. The number of hydrogen-bond acceptors (Lipinski definition) is 12. The molecule has 0 spiro atoms. The Balaban J connectivity index is 1.48. The predicted molar refractivity (Wildman–Crippen MR) is 143 cm³/mol. The zero-order valence-corrected chi connectivity index (χ0v) is 21.3. The maximum absolute atomic E-state index is 13.7. The van der Waals surface area contributed by atoms with Crippen molar-refractivity contribution in [3.63, 3.8) is 0 Å². The van der Waals surface area contributed by atoms with Crippen molar-refractivity contribution in [2.75, 3.05) is 14.2 Å². The highest BCUT2D eigenvalue weighted by molar-refractivity contribution is 7.25. The first-order valence-electron chi connectivity index (χ1n) is 11.1. The molecule has 0 N–H and O–H groups in total. The molecule has 7 rings (SSSR count). The summed E-state index contributed by atoms with van der Waals surface area (Å²) in [5, 5.41) is 0. The van der Waals surface area contributed by atoms with E-state index in [2.05, 4.69) is 29.9 Å². The molecule has 38 heavy (non-hydrogen) atoms. The molecular weight excluding hydrogens is 528 g/mol. The molecule has 0 saturated carbocycles. The van der Waals surface area contributed by atoms with E-state index in [0.717, 1.165) is 0 Å². The van der Waals surface area contributed by atoms with Gasteiger partial charge in [-0.25, -0.2) is 29.1 Å². The van der Waals surface area contributed by atoms with Crippen LogP contribution in [0.4, 0.5) is 0 Å². The van der Waals surface area contributed by atoms with Gasteiger partial charge in [0.2, 0.25) is 0 Å². The zero-order chi connectivity index (χ0) is 26.0. The molecule has 0 fully saturated rings. The summed E-state index contributed by atoms with van der Waals surface area (Å²) in [6.45, 7) is 0. The third kappa shape index (κ3) is 3.13. The van der Waals surface area contributed by atoms with Crippen LogP contribution in [0.3, 0.4) is 0 Å². The van der Waals surface area contributed by atoms with Crippen molar-refractivity contribution in [3.8, 4) is 23.4 Å². The Kier molecular flexibility index (Phi) is 4.92. The van der Waals surface area contributed by atoms with Crippen LogP contribution in [0, 0.1) is 0 Å². The van der Waals surface area contributed by atoms with Crippen molar-refractivity contribution < 1.29 is 9.47 Å². The summed E-state index contributed by atoms with van der Waals surface area (Å²) in [5.41, 5.74) is 2.10. The second-order valence-corrected chi connectivity index (χ2v) is 9.98. The third-order valence-corrected chi connectivity index (χ3v) is 8.04. The van der Waals surface area contributed by atoms with Gasteiger partial charge in [-0.15, -0.1) is 22.7 Å². The highest BCUT2D eigenvalue weighted by atomic mass is 32.1. The Bertz CT molecular complexity index is 2030. The minimum absolute atomic E-state index is 0.0690. The summed E-state index contributed by atoms with van der Waals surface area (Å²) in [6, 6.07) is 6.98. The topological polar surface area (TPSA) is 140 Å². The van der Waals surface area contributed by atoms with Crippen molar-refractivity contribution in [2.45, 2.75) is 0 Å². The van der Waals surface area contributed by atoms with Crippen molar-refractivity contribution >= 4 is 63.8 Å². The first-order chi connectivity index (χ1) is 18.6. The monoisotopic (exact) mass is 542 g/mol. The van der Waals surface area contributed by atoms with Crippen LogP contribution >= 0.6 is 22.7 Å². The van der Waals surface area contributed by atoms with Crippen LogP contribution < -0.4 is 20.6 Å². The number of rotatable bonds is 4. The van der Waals surface area contributed by atoms with E-state index < -0.39 is 0 Å². The molecule has 0 atom stereocenters. The van der Waals surface area contributed by atoms with Crippen LogP contribution in [-0.2, 0) is 0 Å². The van der Waals surface area contributed by atoms with Gasteiger partial charge in [-0.1, -0.05) is 6.07 Å². The van der Waals surface area contributed by atoms with Gasteiger partial charge in [0.25, 0.3) is 11.1 Å². The zero-order valence-electron chi connectivity index (χ0n) is 19.6. The van der Waals surface area contributed by atoms with Crippen molar-refractivity contribution in [3.05, 3.63) is 69.8 Å². The number of nitrogens with zero attached hydrogens (tertiary/aromatic N) is 8. The fourth-order valence-corrected chi connectivity index (χ4v) is 6.24. The number of fused-ring (bicyclic) bond motifs is 6. The van der Waals surface area contributed by atoms with Gasteiger partial charge in [0.15, 0.2) is 0 Å². The number of hydrogen-bond donors (Lipinski definition) is 0. The van der Waals surface area contributed by atoms with E-state index in [1.807, 2.05) is 0 Å². The molecule has 6 heterocycles. The lowest BCUT2D eigenvalue weighted by molar-refractivity contribution is 0.367. The molecule has 12 nitrogen and oxygen atoms in total.